The number of hydrogen-bond acceptors (Lipinski definition) is 4. The fourth-order valence-electron chi connectivity index (χ4n) is 0.944. The van der Waals surface area contributed by atoms with Crippen molar-refractivity contribution in [2.75, 3.05) is 12.4 Å². The van der Waals surface area contributed by atoms with Gasteiger partial charge in [0.1, 0.15) is 6.61 Å². The maximum atomic E-state index is 9.89. The Morgan fingerprint density at radius 2 is 2.38 bits per heavy atom. The van der Waals surface area contributed by atoms with Crippen LogP contribution in [0.1, 0.15) is 5.56 Å². The molecule has 0 bridgehead atoms. The van der Waals surface area contributed by atoms with Crippen LogP contribution < -0.4 is 5.32 Å². The lowest BCUT2D eigenvalue weighted by Crippen LogP contribution is -2.00. The fourth-order valence-corrected chi connectivity index (χ4v) is 0.944. The van der Waals surface area contributed by atoms with Crippen molar-refractivity contribution in [1.82, 2.24) is 0 Å². The summed E-state index contributed by atoms with van der Waals surface area (Å²) in [7, 11) is 1.79. The van der Waals surface area contributed by atoms with Gasteiger partial charge in [-0.25, -0.2) is 0 Å². The predicted molar refractivity (Wildman–Crippen MR) is 47.8 cm³/mol. The second kappa shape index (κ2) is 4.30. The van der Waals surface area contributed by atoms with E-state index in [1.54, 1.807) is 19.2 Å². The van der Waals surface area contributed by atoms with Crippen LogP contribution in [0.25, 0.3) is 0 Å². The van der Waals surface area contributed by atoms with E-state index in [1.165, 1.54) is 0 Å². The van der Waals surface area contributed by atoms with Gasteiger partial charge in [-0.15, -0.1) is 10.1 Å². The van der Waals surface area contributed by atoms with Crippen LogP contribution in [0.5, 0.6) is 0 Å². The van der Waals surface area contributed by atoms with Gasteiger partial charge in [-0.2, -0.15) is 0 Å². The number of rotatable bonds is 4. The third-order valence-electron chi connectivity index (χ3n) is 1.55. The molecule has 13 heavy (non-hydrogen) atoms. The van der Waals surface area contributed by atoms with E-state index in [0.717, 1.165) is 11.3 Å². The van der Waals surface area contributed by atoms with E-state index in [1.807, 2.05) is 12.1 Å². The molecule has 0 aliphatic carbocycles. The van der Waals surface area contributed by atoms with Crippen molar-refractivity contribution in [2.24, 2.45) is 0 Å². The molecule has 1 rings (SSSR count). The standard InChI is InChI=1S/C8H10N2O3/c1-9-8-4-2-3-7(5-8)6-13-10(11)12/h2-5,9H,6H2,1H3. The Bertz CT molecular complexity index is 301. The van der Waals surface area contributed by atoms with Gasteiger partial charge in [-0.1, -0.05) is 12.1 Å². The quantitative estimate of drug-likeness (QED) is 0.565. The van der Waals surface area contributed by atoms with Gasteiger partial charge in [0, 0.05) is 12.7 Å². The molecule has 0 amide bonds. The summed E-state index contributed by atoms with van der Waals surface area (Å²) in [6, 6.07) is 7.24. The van der Waals surface area contributed by atoms with Crippen LogP contribution in [0.3, 0.4) is 0 Å². The maximum absolute atomic E-state index is 9.89. The minimum atomic E-state index is -0.800. The van der Waals surface area contributed by atoms with Crippen LogP contribution in [0.4, 0.5) is 5.69 Å². The van der Waals surface area contributed by atoms with Crippen LogP contribution in [0.15, 0.2) is 24.3 Å². The van der Waals surface area contributed by atoms with Crippen LogP contribution in [-0.4, -0.2) is 12.1 Å². The highest BCUT2D eigenvalue weighted by atomic mass is 16.9. The third-order valence-corrected chi connectivity index (χ3v) is 1.55. The van der Waals surface area contributed by atoms with Gasteiger partial charge in [0.2, 0.25) is 0 Å². The Morgan fingerprint density at radius 3 is 3.00 bits per heavy atom. The topological polar surface area (TPSA) is 64.4 Å². The summed E-state index contributed by atoms with van der Waals surface area (Å²) in [6.07, 6.45) is 0. The number of nitrogens with zero attached hydrogens (tertiary/aromatic N) is 1. The first-order valence-electron chi connectivity index (χ1n) is 3.76. The van der Waals surface area contributed by atoms with Crippen molar-refractivity contribution >= 4 is 5.69 Å². The highest BCUT2D eigenvalue weighted by molar-refractivity contribution is 5.44. The van der Waals surface area contributed by atoms with Crippen molar-refractivity contribution < 1.29 is 9.92 Å². The summed E-state index contributed by atoms with van der Waals surface area (Å²) < 4.78 is 0. The molecule has 70 valence electrons. The lowest BCUT2D eigenvalue weighted by Gasteiger charge is -2.02. The summed E-state index contributed by atoms with van der Waals surface area (Å²) >= 11 is 0. The molecule has 5 nitrogen and oxygen atoms in total. The lowest BCUT2D eigenvalue weighted by atomic mass is 10.2. The zero-order chi connectivity index (χ0) is 9.68. The van der Waals surface area contributed by atoms with Crippen molar-refractivity contribution in [1.29, 1.82) is 0 Å². The molecule has 0 atom stereocenters. The minimum Gasteiger partial charge on any atom is -0.388 e. The van der Waals surface area contributed by atoms with Gasteiger partial charge >= 0.3 is 0 Å². The predicted octanol–water partition coefficient (Wildman–Crippen LogP) is 1.44. The number of nitrogens with one attached hydrogen (secondary N) is 1. The molecule has 1 aromatic rings. The zero-order valence-electron chi connectivity index (χ0n) is 7.19. The Labute approximate surface area is 75.4 Å². The second-order valence-electron chi connectivity index (χ2n) is 2.45. The normalized spacial score (nSPS) is 9.31. The van der Waals surface area contributed by atoms with E-state index < -0.39 is 5.09 Å². The zero-order valence-corrected chi connectivity index (χ0v) is 7.19. The summed E-state index contributed by atoms with van der Waals surface area (Å²) in [4.78, 5) is 14.1. The number of hydrogen-bond donors (Lipinski definition) is 1. The van der Waals surface area contributed by atoms with Gasteiger partial charge < -0.3 is 10.2 Å². The lowest BCUT2D eigenvalue weighted by molar-refractivity contribution is -0.763. The molecular weight excluding hydrogens is 172 g/mol. The van der Waals surface area contributed by atoms with Crippen LogP contribution in [0.2, 0.25) is 0 Å². The van der Waals surface area contributed by atoms with Crippen molar-refractivity contribution in [3.63, 3.8) is 0 Å². The molecule has 0 fully saturated rings. The fraction of sp³-hybridized carbons (Fsp3) is 0.250. The molecule has 0 heterocycles. The highest BCUT2D eigenvalue weighted by Crippen LogP contribution is 2.10. The molecule has 0 aromatic heterocycles. The maximum Gasteiger partial charge on any atom is 0.294 e. The Morgan fingerprint density at radius 1 is 1.62 bits per heavy atom. The molecule has 0 aliphatic heterocycles. The van der Waals surface area contributed by atoms with Crippen LogP contribution >= 0.6 is 0 Å². The summed E-state index contributed by atoms with van der Waals surface area (Å²) in [5.74, 6) is 0. The van der Waals surface area contributed by atoms with E-state index in [4.69, 9.17) is 0 Å². The highest BCUT2D eigenvalue weighted by Gasteiger charge is 1.97. The average Bonchev–Trinajstić information content (AvgIpc) is 2.15. The van der Waals surface area contributed by atoms with Gasteiger partial charge in [0.05, 0.1) is 0 Å². The number of anilines is 1. The minimum absolute atomic E-state index is 0.0114. The van der Waals surface area contributed by atoms with E-state index in [2.05, 4.69) is 10.2 Å². The molecule has 0 saturated carbocycles. The smallest absolute Gasteiger partial charge is 0.294 e. The van der Waals surface area contributed by atoms with E-state index in [-0.39, 0.29) is 6.61 Å². The molecule has 1 N–H and O–H groups in total. The molecular formula is C8H10N2O3. The Hall–Kier alpha value is -1.78. The number of benzene rings is 1. The molecule has 0 spiro atoms. The summed E-state index contributed by atoms with van der Waals surface area (Å²) in [6.45, 7) is -0.0114. The molecule has 0 aliphatic rings. The van der Waals surface area contributed by atoms with Crippen LogP contribution in [0, 0.1) is 10.1 Å². The second-order valence-corrected chi connectivity index (χ2v) is 2.45. The van der Waals surface area contributed by atoms with Crippen molar-refractivity contribution in [2.45, 2.75) is 6.61 Å². The van der Waals surface area contributed by atoms with Crippen molar-refractivity contribution in [3.05, 3.63) is 39.9 Å². The monoisotopic (exact) mass is 182 g/mol. The van der Waals surface area contributed by atoms with Crippen molar-refractivity contribution in [3.8, 4) is 0 Å². The van der Waals surface area contributed by atoms with Gasteiger partial charge in [-0.05, 0) is 17.7 Å². The summed E-state index contributed by atoms with van der Waals surface area (Å²) in [5.41, 5.74) is 1.67. The average molecular weight is 182 g/mol. The molecule has 5 heteroatoms. The van der Waals surface area contributed by atoms with Gasteiger partial charge in [0.25, 0.3) is 5.09 Å². The molecule has 0 unspecified atom stereocenters. The SMILES string of the molecule is CNc1cccc(CO[N+](=O)[O-])c1. The van der Waals surface area contributed by atoms with Gasteiger partial charge in [-0.3, -0.25) is 0 Å². The molecule has 1 aromatic carbocycles. The Kier molecular flexibility index (Phi) is 3.08. The molecule has 0 saturated heterocycles. The van der Waals surface area contributed by atoms with E-state index in [0.29, 0.717) is 0 Å². The first kappa shape index (κ1) is 9.31. The van der Waals surface area contributed by atoms with E-state index in [9.17, 15) is 10.1 Å². The van der Waals surface area contributed by atoms with Crippen LogP contribution in [-0.2, 0) is 11.4 Å². The third kappa shape index (κ3) is 2.98. The Balaban J connectivity index is 2.61. The largest absolute Gasteiger partial charge is 0.388 e. The van der Waals surface area contributed by atoms with Gasteiger partial charge in [0.15, 0.2) is 0 Å². The van der Waals surface area contributed by atoms with E-state index >= 15 is 0 Å². The summed E-state index contributed by atoms with van der Waals surface area (Å²) in [5, 5.41) is 12.0. The first-order chi connectivity index (χ1) is 6.22. The molecule has 0 radical (unpaired) electrons. The first-order valence-corrected chi connectivity index (χ1v) is 3.76.